The molecule has 1 amide bonds. The van der Waals surface area contributed by atoms with Crippen LogP contribution in [-0.4, -0.2) is 25.0 Å². The van der Waals surface area contributed by atoms with Crippen molar-refractivity contribution in [3.05, 3.63) is 34.3 Å². The molecule has 1 aromatic rings. The van der Waals surface area contributed by atoms with Gasteiger partial charge in [-0.15, -0.1) is 12.4 Å². The number of hydrogen-bond donors (Lipinski definition) is 2. The topological polar surface area (TPSA) is 41.1 Å². The minimum Gasteiger partial charge on any atom is -0.354 e. The highest BCUT2D eigenvalue weighted by Crippen LogP contribution is 2.48. The lowest BCUT2D eigenvalue weighted by atomic mass is 9.96. The molecule has 20 heavy (non-hydrogen) atoms. The third-order valence-corrected chi connectivity index (χ3v) is 4.76. The van der Waals surface area contributed by atoms with Crippen LogP contribution in [0.4, 0.5) is 0 Å². The molecular formula is C15H20BrClN2O. The fourth-order valence-corrected chi connectivity index (χ4v) is 3.22. The van der Waals surface area contributed by atoms with E-state index >= 15 is 0 Å². The number of benzene rings is 1. The van der Waals surface area contributed by atoms with Crippen LogP contribution in [0.1, 0.15) is 31.2 Å². The SMILES string of the molecule is Cl.O=C(NCC1(c2cccc(Br)c2)CC1)C1CCCN1. The molecule has 1 saturated carbocycles. The minimum atomic E-state index is 0. The normalized spacial score (nSPS) is 22.9. The van der Waals surface area contributed by atoms with Gasteiger partial charge in [0.05, 0.1) is 6.04 Å². The molecule has 110 valence electrons. The van der Waals surface area contributed by atoms with Gasteiger partial charge in [0.2, 0.25) is 5.91 Å². The lowest BCUT2D eigenvalue weighted by Gasteiger charge is -2.18. The fourth-order valence-electron chi connectivity index (χ4n) is 2.82. The maximum absolute atomic E-state index is 12.0. The molecule has 1 unspecified atom stereocenters. The van der Waals surface area contributed by atoms with Gasteiger partial charge in [0, 0.05) is 16.4 Å². The van der Waals surface area contributed by atoms with Crippen molar-refractivity contribution in [3.8, 4) is 0 Å². The predicted molar refractivity (Wildman–Crippen MR) is 86.3 cm³/mol. The second-order valence-electron chi connectivity index (χ2n) is 5.66. The van der Waals surface area contributed by atoms with Crippen LogP contribution in [0.3, 0.4) is 0 Å². The van der Waals surface area contributed by atoms with Gasteiger partial charge in [0.1, 0.15) is 0 Å². The Bertz CT molecular complexity index is 485. The molecule has 1 aliphatic heterocycles. The van der Waals surface area contributed by atoms with Crippen molar-refractivity contribution in [2.24, 2.45) is 0 Å². The van der Waals surface area contributed by atoms with E-state index in [4.69, 9.17) is 0 Å². The first-order valence-electron chi connectivity index (χ1n) is 6.97. The lowest BCUT2D eigenvalue weighted by molar-refractivity contribution is -0.122. The summed E-state index contributed by atoms with van der Waals surface area (Å²) in [6.07, 6.45) is 4.41. The van der Waals surface area contributed by atoms with E-state index in [-0.39, 0.29) is 29.8 Å². The number of amides is 1. The Labute approximate surface area is 134 Å². The van der Waals surface area contributed by atoms with Gasteiger partial charge in [-0.1, -0.05) is 28.1 Å². The number of carbonyl (C=O) groups is 1. The molecule has 2 fully saturated rings. The summed E-state index contributed by atoms with van der Waals surface area (Å²) >= 11 is 3.52. The third-order valence-electron chi connectivity index (χ3n) is 4.27. The maximum Gasteiger partial charge on any atom is 0.237 e. The second-order valence-corrected chi connectivity index (χ2v) is 6.57. The van der Waals surface area contributed by atoms with E-state index in [0.717, 1.165) is 30.4 Å². The molecule has 0 aromatic heterocycles. The highest BCUT2D eigenvalue weighted by Gasteiger charge is 2.44. The van der Waals surface area contributed by atoms with Gasteiger partial charge in [-0.2, -0.15) is 0 Å². The minimum absolute atomic E-state index is 0. The summed E-state index contributed by atoms with van der Waals surface area (Å²) in [5.74, 6) is 0.166. The molecule has 0 spiro atoms. The molecule has 3 rings (SSSR count). The van der Waals surface area contributed by atoms with Gasteiger partial charge in [-0.05, 0) is 49.9 Å². The molecule has 3 nitrogen and oxygen atoms in total. The van der Waals surface area contributed by atoms with Crippen LogP contribution in [0.25, 0.3) is 0 Å². The van der Waals surface area contributed by atoms with Gasteiger partial charge in [0.25, 0.3) is 0 Å². The summed E-state index contributed by atoms with van der Waals surface area (Å²) in [7, 11) is 0. The summed E-state index contributed by atoms with van der Waals surface area (Å²) < 4.78 is 1.11. The summed E-state index contributed by atoms with van der Waals surface area (Å²) in [5.41, 5.74) is 1.51. The second kappa shape index (κ2) is 6.46. The molecule has 1 atom stereocenters. The Morgan fingerprint density at radius 3 is 2.85 bits per heavy atom. The first-order chi connectivity index (χ1) is 9.20. The van der Waals surface area contributed by atoms with E-state index in [1.165, 1.54) is 18.4 Å². The molecule has 0 radical (unpaired) electrons. The average molecular weight is 360 g/mol. The Morgan fingerprint density at radius 2 is 2.25 bits per heavy atom. The van der Waals surface area contributed by atoms with Crippen molar-refractivity contribution < 1.29 is 4.79 Å². The van der Waals surface area contributed by atoms with Crippen molar-refractivity contribution in [2.45, 2.75) is 37.1 Å². The zero-order valence-electron chi connectivity index (χ0n) is 11.3. The predicted octanol–water partition coefficient (Wildman–Crippen LogP) is 2.77. The number of nitrogens with one attached hydrogen (secondary N) is 2. The van der Waals surface area contributed by atoms with Crippen LogP contribution < -0.4 is 10.6 Å². The van der Waals surface area contributed by atoms with Crippen LogP contribution in [0.5, 0.6) is 0 Å². The molecule has 1 aromatic carbocycles. The fraction of sp³-hybridized carbons (Fsp3) is 0.533. The zero-order chi connectivity index (χ0) is 13.3. The number of halogens is 2. The van der Waals surface area contributed by atoms with Crippen molar-refractivity contribution >= 4 is 34.2 Å². The highest BCUT2D eigenvalue weighted by atomic mass is 79.9. The van der Waals surface area contributed by atoms with E-state index in [9.17, 15) is 4.79 Å². The maximum atomic E-state index is 12.0. The first-order valence-corrected chi connectivity index (χ1v) is 7.76. The van der Waals surface area contributed by atoms with Gasteiger partial charge in [-0.3, -0.25) is 4.79 Å². The monoisotopic (exact) mass is 358 g/mol. The Balaban J connectivity index is 0.00000147. The van der Waals surface area contributed by atoms with Gasteiger partial charge >= 0.3 is 0 Å². The van der Waals surface area contributed by atoms with E-state index in [1.54, 1.807) is 0 Å². The number of rotatable bonds is 4. The molecule has 0 bridgehead atoms. The van der Waals surface area contributed by atoms with Gasteiger partial charge in [0.15, 0.2) is 0 Å². The summed E-state index contributed by atoms with van der Waals surface area (Å²) in [5, 5.41) is 6.37. The highest BCUT2D eigenvalue weighted by molar-refractivity contribution is 9.10. The average Bonchev–Trinajstić information content (AvgIpc) is 3.00. The van der Waals surface area contributed by atoms with E-state index in [1.807, 2.05) is 6.07 Å². The molecular weight excluding hydrogens is 340 g/mol. The molecule has 1 saturated heterocycles. The van der Waals surface area contributed by atoms with Crippen molar-refractivity contribution in [2.75, 3.05) is 13.1 Å². The lowest BCUT2D eigenvalue weighted by Crippen LogP contribution is -2.43. The molecule has 1 aliphatic carbocycles. The van der Waals surface area contributed by atoms with Crippen molar-refractivity contribution in [1.82, 2.24) is 10.6 Å². The molecule has 2 aliphatic rings. The van der Waals surface area contributed by atoms with E-state index in [2.05, 4.69) is 44.8 Å². The van der Waals surface area contributed by atoms with Crippen LogP contribution in [0, 0.1) is 0 Å². The van der Waals surface area contributed by atoms with Crippen LogP contribution >= 0.6 is 28.3 Å². The van der Waals surface area contributed by atoms with Crippen LogP contribution in [-0.2, 0) is 10.2 Å². The molecule has 5 heteroatoms. The molecule has 1 heterocycles. The standard InChI is InChI=1S/C15H19BrN2O.ClH/c16-12-4-1-3-11(9-12)15(6-7-15)10-18-14(19)13-5-2-8-17-13;/h1,3-4,9,13,17H,2,5-8,10H2,(H,18,19);1H. The van der Waals surface area contributed by atoms with Crippen LogP contribution in [0.15, 0.2) is 28.7 Å². The number of carbonyl (C=O) groups excluding carboxylic acids is 1. The summed E-state index contributed by atoms with van der Waals surface area (Å²) in [6.45, 7) is 1.73. The van der Waals surface area contributed by atoms with Crippen LogP contribution in [0.2, 0.25) is 0 Å². The summed E-state index contributed by atoms with van der Waals surface area (Å²) in [6, 6.07) is 8.48. The smallest absolute Gasteiger partial charge is 0.237 e. The van der Waals surface area contributed by atoms with Gasteiger partial charge < -0.3 is 10.6 Å². The number of hydrogen-bond acceptors (Lipinski definition) is 2. The first kappa shape index (κ1) is 15.8. The third kappa shape index (κ3) is 3.35. The van der Waals surface area contributed by atoms with E-state index < -0.39 is 0 Å². The molecule has 2 N–H and O–H groups in total. The Morgan fingerprint density at radius 1 is 1.45 bits per heavy atom. The van der Waals surface area contributed by atoms with Crippen molar-refractivity contribution in [3.63, 3.8) is 0 Å². The van der Waals surface area contributed by atoms with Gasteiger partial charge in [-0.25, -0.2) is 0 Å². The van der Waals surface area contributed by atoms with Crippen molar-refractivity contribution in [1.29, 1.82) is 0 Å². The summed E-state index contributed by atoms with van der Waals surface area (Å²) in [4.78, 5) is 12.0. The zero-order valence-corrected chi connectivity index (χ0v) is 13.7. The largest absolute Gasteiger partial charge is 0.354 e. The quantitative estimate of drug-likeness (QED) is 0.868. The Hall–Kier alpha value is -0.580. The Kier molecular flexibility index (Phi) is 5.10. The van der Waals surface area contributed by atoms with E-state index in [0.29, 0.717) is 0 Å².